The summed E-state index contributed by atoms with van der Waals surface area (Å²) in [4.78, 5) is 25.0. The molecule has 0 aliphatic heterocycles. The number of hydrogen-bond donors (Lipinski definition) is 2. The van der Waals surface area contributed by atoms with Crippen LogP contribution in [-0.4, -0.2) is 18.2 Å². The fourth-order valence-corrected chi connectivity index (χ4v) is 2.51. The van der Waals surface area contributed by atoms with Crippen LogP contribution in [0.5, 0.6) is 0 Å². The quantitative estimate of drug-likeness (QED) is 0.643. The van der Waals surface area contributed by atoms with E-state index in [2.05, 4.69) is 0 Å². The van der Waals surface area contributed by atoms with E-state index in [0.29, 0.717) is 40.3 Å². The number of carbonyl (C=O) groups is 2. The Kier molecular flexibility index (Phi) is 5.01. The van der Waals surface area contributed by atoms with Gasteiger partial charge in [0.05, 0.1) is 6.61 Å². The Morgan fingerprint density at radius 2 is 1.78 bits per heavy atom. The van der Waals surface area contributed by atoms with Crippen molar-refractivity contribution in [2.75, 3.05) is 6.61 Å². The third-order valence-electron chi connectivity index (χ3n) is 3.67. The van der Waals surface area contributed by atoms with E-state index >= 15 is 0 Å². The summed E-state index contributed by atoms with van der Waals surface area (Å²) in [7, 11) is 0. The highest BCUT2D eigenvalue weighted by Gasteiger charge is 2.29. The van der Waals surface area contributed by atoms with Gasteiger partial charge in [-0.1, -0.05) is 24.3 Å². The zero-order chi connectivity index (χ0) is 17.0. The number of Topliss-reactive ketones (excluding diaryl/α,β-unsaturated/α-hetero) is 2. The summed E-state index contributed by atoms with van der Waals surface area (Å²) in [5.74, 6) is 0.129. The molecule has 1 aromatic rings. The molecule has 0 saturated carbocycles. The molecule has 0 aromatic heterocycles. The van der Waals surface area contributed by atoms with Crippen LogP contribution in [0.4, 0.5) is 0 Å². The van der Waals surface area contributed by atoms with E-state index in [1.807, 2.05) is 6.92 Å². The lowest BCUT2D eigenvalue weighted by molar-refractivity contribution is 0.0973. The Balaban J connectivity index is 2.33. The molecule has 5 nitrogen and oxygen atoms in total. The van der Waals surface area contributed by atoms with E-state index in [-0.39, 0.29) is 18.0 Å². The molecule has 0 bridgehead atoms. The summed E-state index contributed by atoms with van der Waals surface area (Å²) in [5, 5.41) is 0. The first-order valence-corrected chi connectivity index (χ1v) is 7.38. The second-order valence-corrected chi connectivity index (χ2v) is 5.21. The molecule has 1 aliphatic carbocycles. The predicted octanol–water partition coefficient (Wildman–Crippen LogP) is 2.45. The lowest BCUT2D eigenvalue weighted by Gasteiger charge is -2.19. The van der Waals surface area contributed by atoms with Crippen LogP contribution in [0.1, 0.15) is 41.0 Å². The lowest BCUT2D eigenvalue weighted by atomic mass is 9.83. The van der Waals surface area contributed by atoms with Gasteiger partial charge in [0.2, 0.25) is 0 Å². The topological polar surface area (TPSA) is 95.4 Å². The van der Waals surface area contributed by atoms with Crippen LogP contribution in [0.15, 0.2) is 59.1 Å². The second kappa shape index (κ2) is 6.96. The number of carbonyl (C=O) groups excluding carboxylic acids is 2. The molecule has 0 spiro atoms. The molecule has 1 aliphatic rings. The first kappa shape index (κ1) is 16.5. The average molecular weight is 312 g/mol. The SMILES string of the molecule is CCOC(/C=C(\N)CC1=C(C)C(=O)c2ccccc2C1=O)=C/N. The highest BCUT2D eigenvalue weighted by molar-refractivity contribution is 6.26. The molecule has 120 valence electrons. The molecule has 23 heavy (non-hydrogen) atoms. The van der Waals surface area contributed by atoms with Crippen LogP contribution in [0.3, 0.4) is 0 Å². The fourth-order valence-electron chi connectivity index (χ4n) is 2.51. The van der Waals surface area contributed by atoms with Crippen molar-refractivity contribution in [3.8, 4) is 0 Å². The summed E-state index contributed by atoms with van der Waals surface area (Å²) in [5.41, 5.74) is 13.6. The van der Waals surface area contributed by atoms with Gasteiger partial charge in [0, 0.05) is 46.7 Å². The van der Waals surface area contributed by atoms with Crippen LogP contribution in [0.2, 0.25) is 0 Å². The van der Waals surface area contributed by atoms with Crippen molar-refractivity contribution >= 4 is 11.6 Å². The van der Waals surface area contributed by atoms with Crippen molar-refractivity contribution in [1.82, 2.24) is 0 Å². The van der Waals surface area contributed by atoms with Crippen molar-refractivity contribution in [2.45, 2.75) is 20.3 Å². The Morgan fingerprint density at radius 1 is 1.17 bits per heavy atom. The number of benzene rings is 1. The molecule has 2 rings (SSSR count). The molecule has 0 fully saturated rings. The first-order chi connectivity index (χ1) is 11.0. The van der Waals surface area contributed by atoms with Gasteiger partial charge in [0.15, 0.2) is 11.6 Å². The molecular weight excluding hydrogens is 292 g/mol. The van der Waals surface area contributed by atoms with Gasteiger partial charge >= 0.3 is 0 Å². The molecule has 0 saturated heterocycles. The first-order valence-electron chi connectivity index (χ1n) is 7.38. The maximum absolute atomic E-state index is 12.6. The Hall–Kier alpha value is -2.82. The summed E-state index contributed by atoms with van der Waals surface area (Å²) in [6.45, 7) is 3.95. The number of rotatable bonds is 5. The van der Waals surface area contributed by atoms with Crippen LogP contribution in [0.25, 0.3) is 0 Å². The number of ether oxygens (including phenoxy) is 1. The minimum Gasteiger partial charge on any atom is -0.492 e. The fraction of sp³-hybridized carbons (Fsp3) is 0.222. The van der Waals surface area contributed by atoms with E-state index in [1.54, 1.807) is 37.3 Å². The largest absolute Gasteiger partial charge is 0.492 e. The molecule has 0 unspecified atom stereocenters. The normalized spacial score (nSPS) is 15.7. The van der Waals surface area contributed by atoms with Crippen molar-refractivity contribution in [3.63, 3.8) is 0 Å². The maximum Gasteiger partial charge on any atom is 0.190 e. The third-order valence-corrected chi connectivity index (χ3v) is 3.67. The standard InChI is InChI=1S/C18H20N2O3/c1-3-23-13(10-19)8-12(20)9-16-11(2)17(21)14-6-4-5-7-15(14)18(16)22/h4-8,10H,3,9,19-20H2,1-2H3/b12-8-,13-10+. The highest BCUT2D eigenvalue weighted by atomic mass is 16.5. The third kappa shape index (κ3) is 3.34. The van der Waals surface area contributed by atoms with Crippen LogP contribution in [-0.2, 0) is 4.74 Å². The monoisotopic (exact) mass is 312 g/mol. The van der Waals surface area contributed by atoms with Crippen molar-refractivity contribution in [1.29, 1.82) is 0 Å². The summed E-state index contributed by atoms with van der Waals surface area (Å²) in [6.07, 6.45) is 3.05. The van der Waals surface area contributed by atoms with Crippen molar-refractivity contribution in [3.05, 3.63) is 70.3 Å². The Morgan fingerprint density at radius 3 is 2.35 bits per heavy atom. The van der Waals surface area contributed by atoms with E-state index in [0.717, 1.165) is 0 Å². The molecule has 4 N–H and O–H groups in total. The summed E-state index contributed by atoms with van der Waals surface area (Å²) in [6, 6.07) is 6.81. The van der Waals surface area contributed by atoms with E-state index in [1.165, 1.54) is 6.20 Å². The van der Waals surface area contributed by atoms with Gasteiger partial charge in [-0.2, -0.15) is 0 Å². The highest BCUT2D eigenvalue weighted by Crippen LogP contribution is 2.29. The molecule has 1 aromatic carbocycles. The van der Waals surface area contributed by atoms with Crippen molar-refractivity contribution < 1.29 is 14.3 Å². The smallest absolute Gasteiger partial charge is 0.190 e. The molecule has 0 heterocycles. The van der Waals surface area contributed by atoms with Gasteiger partial charge < -0.3 is 16.2 Å². The second-order valence-electron chi connectivity index (χ2n) is 5.21. The Bertz CT molecular complexity index is 742. The Labute approximate surface area is 135 Å². The average Bonchev–Trinajstić information content (AvgIpc) is 2.56. The number of nitrogens with two attached hydrogens (primary N) is 2. The van der Waals surface area contributed by atoms with E-state index in [4.69, 9.17) is 16.2 Å². The maximum atomic E-state index is 12.6. The minimum absolute atomic E-state index is 0.137. The number of ketones is 2. The summed E-state index contributed by atoms with van der Waals surface area (Å²) >= 11 is 0. The van der Waals surface area contributed by atoms with Gasteiger partial charge in [-0.15, -0.1) is 0 Å². The molecule has 5 heteroatoms. The number of hydrogen-bond acceptors (Lipinski definition) is 5. The van der Waals surface area contributed by atoms with E-state index in [9.17, 15) is 9.59 Å². The van der Waals surface area contributed by atoms with Gasteiger partial charge in [0.25, 0.3) is 0 Å². The van der Waals surface area contributed by atoms with Gasteiger partial charge in [-0.3, -0.25) is 9.59 Å². The molecule has 0 atom stereocenters. The minimum atomic E-state index is -0.163. The number of fused-ring (bicyclic) bond motifs is 1. The van der Waals surface area contributed by atoms with Gasteiger partial charge in [-0.05, 0) is 13.8 Å². The molecule has 0 amide bonds. The summed E-state index contributed by atoms with van der Waals surface area (Å²) < 4.78 is 5.29. The predicted molar refractivity (Wildman–Crippen MR) is 88.6 cm³/mol. The van der Waals surface area contributed by atoms with Crippen LogP contribution >= 0.6 is 0 Å². The van der Waals surface area contributed by atoms with Crippen LogP contribution in [0, 0.1) is 0 Å². The van der Waals surface area contributed by atoms with Crippen LogP contribution < -0.4 is 11.5 Å². The van der Waals surface area contributed by atoms with Gasteiger partial charge in [0.1, 0.15) is 5.76 Å². The molecule has 0 radical (unpaired) electrons. The van der Waals surface area contributed by atoms with E-state index < -0.39 is 0 Å². The van der Waals surface area contributed by atoms with Crippen molar-refractivity contribution in [2.24, 2.45) is 11.5 Å². The molecular formula is C18H20N2O3. The van der Waals surface area contributed by atoms with Gasteiger partial charge in [-0.25, -0.2) is 0 Å². The lowest BCUT2D eigenvalue weighted by Crippen LogP contribution is -2.22. The number of allylic oxidation sites excluding steroid dienone is 3. The zero-order valence-corrected chi connectivity index (χ0v) is 13.3. The zero-order valence-electron chi connectivity index (χ0n) is 13.3.